The van der Waals surface area contributed by atoms with Crippen LogP contribution in [-0.4, -0.2) is 12.6 Å². The molecular weight excluding hydrogens is 372 g/mol. The maximum absolute atomic E-state index is 12.3. The van der Waals surface area contributed by atoms with Gasteiger partial charge in [-0.2, -0.15) is 0 Å². The summed E-state index contributed by atoms with van der Waals surface area (Å²) in [6, 6.07) is 24.6. The van der Waals surface area contributed by atoms with Crippen molar-refractivity contribution in [1.82, 2.24) is 0 Å². The van der Waals surface area contributed by atoms with Crippen LogP contribution in [0.15, 0.2) is 72.8 Å². The lowest BCUT2D eigenvalue weighted by Gasteiger charge is -2.27. The Hall–Kier alpha value is -3.27. The Kier molecular flexibility index (Phi) is 5.75. The van der Waals surface area contributed by atoms with Gasteiger partial charge in [-0.15, -0.1) is 0 Å². The van der Waals surface area contributed by atoms with Gasteiger partial charge in [-0.05, 0) is 66.3 Å². The summed E-state index contributed by atoms with van der Waals surface area (Å²) in [5.41, 5.74) is 5.69. The topological polar surface area (TPSA) is 41.6 Å². The Bertz CT molecular complexity index is 1010. The molecule has 3 aromatic rings. The van der Waals surface area contributed by atoms with E-state index in [9.17, 15) is 4.79 Å². The van der Waals surface area contributed by atoms with Gasteiger partial charge in [0.1, 0.15) is 5.75 Å². The predicted octanol–water partition coefficient (Wildman–Crippen LogP) is 6.54. The Morgan fingerprint density at radius 1 is 0.933 bits per heavy atom. The molecule has 1 aliphatic rings. The van der Waals surface area contributed by atoms with E-state index in [0.717, 1.165) is 18.7 Å². The molecule has 1 atom stereocenters. The normalized spacial score (nSPS) is 13.8. The lowest BCUT2D eigenvalue weighted by atomic mass is 10.0. The number of nitrogens with zero attached hydrogens (tertiary/aromatic N) is 1. The first-order valence-electron chi connectivity index (χ1n) is 10.5. The second-order valence-corrected chi connectivity index (χ2v) is 8.11. The van der Waals surface area contributed by atoms with Crippen LogP contribution in [0.3, 0.4) is 0 Å². The first kappa shape index (κ1) is 20.0. The van der Waals surface area contributed by atoms with E-state index in [1.165, 1.54) is 22.4 Å². The first-order chi connectivity index (χ1) is 14.5. The number of anilines is 2. The van der Waals surface area contributed by atoms with E-state index in [1.54, 1.807) is 0 Å². The van der Waals surface area contributed by atoms with Crippen LogP contribution in [0.5, 0.6) is 5.75 Å². The summed E-state index contributed by atoms with van der Waals surface area (Å²) in [7, 11) is 0. The van der Waals surface area contributed by atoms with Crippen molar-refractivity contribution in [2.45, 2.75) is 39.2 Å². The third kappa shape index (κ3) is 4.33. The SMILES string of the molecule is CC(C)c1ccc(NC(=O)Oc2ccc3c(c2)CCN3C(C)c2ccccc2)cc1. The number of rotatable bonds is 5. The van der Waals surface area contributed by atoms with Crippen molar-refractivity contribution < 1.29 is 9.53 Å². The summed E-state index contributed by atoms with van der Waals surface area (Å²) in [5, 5.41) is 2.80. The number of carbonyl (C=O) groups is 1. The van der Waals surface area contributed by atoms with E-state index < -0.39 is 6.09 Å². The quantitative estimate of drug-likeness (QED) is 0.528. The molecule has 30 heavy (non-hydrogen) atoms. The fourth-order valence-corrected chi connectivity index (χ4v) is 3.98. The molecule has 0 spiro atoms. The number of benzene rings is 3. The van der Waals surface area contributed by atoms with Gasteiger partial charge in [0.2, 0.25) is 0 Å². The number of carbonyl (C=O) groups excluding carboxylic acids is 1. The standard InChI is InChI=1S/C26H28N2O2/c1-18(2)20-9-11-23(12-10-20)27-26(29)30-24-13-14-25-22(17-24)15-16-28(25)19(3)21-7-5-4-6-8-21/h4-14,17-19H,15-16H2,1-3H3,(H,27,29). The van der Waals surface area contributed by atoms with Crippen LogP contribution < -0.4 is 15.0 Å². The minimum Gasteiger partial charge on any atom is -0.410 e. The average Bonchev–Trinajstić information content (AvgIpc) is 3.17. The lowest BCUT2D eigenvalue weighted by molar-refractivity contribution is 0.215. The summed E-state index contributed by atoms with van der Waals surface area (Å²) in [5.74, 6) is 1.03. The number of nitrogens with one attached hydrogen (secondary N) is 1. The molecule has 1 aliphatic heterocycles. The zero-order valence-electron chi connectivity index (χ0n) is 17.8. The lowest BCUT2D eigenvalue weighted by Crippen LogP contribution is -2.24. The molecule has 3 aromatic carbocycles. The number of ether oxygens (including phenoxy) is 1. The predicted molar refractivity (Wildman–Crippen MR) is 123 cm³/mol. The smallest absolute Gasteiger partial charge is 0.410 e. The molecule has 0 aromatic heterocycles. The third-order valence-electron chi connectivity index (χ3n) is 5.77. The van der Waals surface area contributed by atoms with Crippen molar-refractivity contribution in [1.29, 1.82) is 0 Å². The summed E-state index contributed by atoms with van der Waals surface area (Å²) in [6.07, 6.45) is 0.474. The van der Waals surface area contributed by atoms with E-state index in [-0.39, 0.29) is 0 Å². The van der Waals surface area contributed by atoms with Gasteiger partial charge in [-0.25, -0.2) is 4.79 Å². The highest BCUT2D eigenvalue weighted by Gasteiger charge is 2.25. The average molecular weight is 401 g/mol. The fraction of sp³-hybridized carbons (Fsp3) is 0.269. The molecule has 1 N–H and O–H groups in total. The summed E-state index contributed by atoms with van der Waals surface area (Å²) < 4.78 is 5.53. The fourth-order valence-electron chi connectivity index (χ4n) is 3.98. The van der Waals surface area contributed by atoms with Crippen molar-refractivity contribution >= 4 is 17.5 Å². The minimum atomic E-state index is -0.472. The zero-order valence-corrected chi connectivity index (χ0v) is 17.8. The Labute approximate surface area is 178 Å². The van der Waals surface area contributed by atoms with Crippen LogP contribution in [0.25, 0.3) is 0 Å². The first-order valence-corrected chi connectivity index (χ1v) is 10.5. The van der Waals surface area contributed by atoms with E-state index in [2.05, 4.69) is 61.3 Å². The van der Waals surface area contributed by atoms with E-state index >= 15 is 0 Å². The van der Waals surface area contributed by atoms with Crippen LogP contribution in [0.1, 0.15) is 49.4 Å². The maximum atomic E-state index is 12.3. The number of hydrogen-bond donors (Lipinski definition) is 1. The van der Waals surface area contributed by atoms with Gasteiger partial charge >= 0.3 is 6.09 Å². The summed E-state index contributed by atoms with van der Waals surface area (Å²) in [6.45, 7) is 7.48. The minimum absolute atomic E-state index is 0.302. The van der Waals surface area contributed by atoms with E-state index in [4.69, 9.17) is 4.74 Å². The van der Waals surface area contributed by atoms with Crippen LogP contribution >= 0.6 is 0 Å². The molecule has 0 fully saturated rings. The van der Waals surface area contributed by atoms with Gasteiger partial charge in [0.25, 0.3) is 0 Å². The number of fused-ring (bicyclic) bond motifs is 1. The van der Waals surface area contributed by atoms with E-state index in [0.29, 0.717) is 17.7 Å². The van der Waals surface area contributed by atoms with Crippen LogP contribution in [0.4, 0.5) is 16.2 Å². The highest BCUT2D eigenvalue weighted by atomic mass is 16.6. The molecular formula is C26H28N2O2. The molecule has 4 rings (SSSR count). The molecule has 1 unspecified atom stereocenters. The van der Waals surface area contributed by atoms with E-state index in [1.807, 2.05) is 42.5 Å². The molecule has 4 heteroatoms. The van der Waals surface area contributed by atoms with Crippen LogP contribution in [0, 0.1) is 0 Å². The second-order valence-electron chi connectivity index (χ2n) is 8.11. The van der Waals surface area contributed by atoms with Gasteiger partial charge in [-0.1, -0.05) is 56.3 Å². The van der Waals surface area contributed by atoms with Crippen molar-refractivity contribution in [3.63, 3.8) is 0 Å². The van der Waals surface area contributed by atoms with Gasteiger partial charge in [-0.3, -0.25) is 5.32 Å². The molecule has 4 nitrogen and oxygen atoms in total. The Balaban J connectivity index is 1.41. The van der Waals surface area contributed by atoms with Crippen molar-refractivity contribution in [3.8, 4) is 5.75 Å². The van der Waals surface area contributed by atoms with Crippen LogP contribution in [0.2, 0.25) is 0 Å². The largest absolute Gasteiger partial charge is 0.417 e. The van der Waals surface area contributed by atoms with Gasteiger partial charge in [0.05, 0.1) is 6.04 Å². The highest BCUT2D eigenvalue weighted by molar-refractivity contribution is 5.86. The zero-order chi connectivity index (χ0) is 21.1. The third-order valence-corrected chi connectivity index (χ3v) is 5.77. The van der Waals surface area contributed by atoms with Crippen molar-refractivity contribution in [2.24, 2.45) is 0 Å². The molecule has 0 radical (unpaired) electrons. The van der Waals surface area contributed by atoms with Gasteiger partial charge in [0, 0.05) is 17.9 Å². The molecule has 0 saturated heterocycles. The Morgan fingerprint density at radius 2 is 1.67 bits per heavy atom. The molecule has 1 amide bonds. The van der Waals surface area contributed by atoms with Gasteiger partial charge < -0.3 is 9.64 Å². The summed E-state index contributed by atoms with van der Waals surface area (Å²) in [4.78, 5) is 14.7. The monoisotopic (exact) mass is 400 g/mol. The maximum Gasteiger partial charge on any atom is 0.417 e. The molecule has 154 valence electrons. The second kappa shape index (κ2) is 8.62. The summed E-state index contributed by atoms with van der Waals surface area (Å²) >= 11 is 0. The van der Waals surface area contributed by atoms with Crippen molar-refractivity contribution in [2.75, 3.05) is 16.8 Å². The molecule has 1 heterocycles. The van der Waals surface area contributed by atoms with Gasteiger partial charge in [0.15, 0.2) is 0 Å². The number of hydrogen-bond acceptors (Lipinski definition) is 3. The van der Waals surface area contributed by atoms with Crippen LogP contribution in [-0.2, 0) is 6.42 Å². The molecule has 0 saturated carbocycles. The number of amides is 1. The highest BCUT2D eigenvalue weighted by Crippen LogP contribution is 2.37. The Morgan fingerprint density at radius 3 is 2.37 bits per heavy atom. The molecule has 0 aliphatic carbocycles. The molecule has 0 bridgehead atoms. The van der Waals surface area contributed by atoms with Crippen molar-refractivity contribution in [3.05, 3.63) is 89.5 Å².